The number of fused-ring (bicyclic) bond motifs is 1. The Balaban J connectivity index is 0.00000616. The van der Waals surface area contributed by atoms with Crippen LogP contribution in [0, 0.1) is 11.2 Å². The summed E-state index contributed by atoms with van der Waals surface area (Å²) in [7, 11) is 1.14. The molecule has 0 N–H and O–H groups in total. The van der Waals surface area contributed by atoms with Crippen LogP contribution in [0.2, 0.25) is 0 Å². The summed E-state index contributed by atoms with van der Waals surface area (Å²) in [5.74, 6) is -1.31. The van der Waals surface area contributed by atoms with Crippen LogP contribution < -0.4 is 0 Å². The Bertz CT molecular complexity index is 1450. The highest BCUT2D eigenvalue weighted by Gasteiger charge is 2.51. The lowest BCUT2D eigenvalue weighted by atomic mass is 9.88. The van der Waals surface area contributed by atoms with Crippen molar-refractivity contribution in [2.75, 3.05) is 7.11 Å². The number of hydrogen-bond donors (Lipinski definition) is 0. The number of ketones is 1. The molecular formula is C33H40F4N2O2. The number of halogens is 4. The lowest BCUT2D eigenvalue weighted by molar-refractivity contribution is -0.208. The highest BCUT2D eigenvalue weighted by molar-refractivity contribution is 5.84. The molecule has 0 fully saturated rings. The quantitative estimate of drug-likeness (QED) is 0.0887. The molecule has 3 aromatic rings. The Hall–Kier alpha value is -3.55. The number of benzene rings is 2. The van der Waals surface area contributed by atoms with Gasteiger partial charge in [0.25, 0.3) is 0 Å². The standard InChI is InChI=1S/C33H38F4N2O2.H2/c1-7-9-10-11-23-19-29-28(18-22(23)8-2)38-20-30(39-29)25-13-12-24(27(34)17-25)16-26(40)14-21(3)15-31(41-6)32(4,5)33(35,36)37;/h12-13,15,17-20H,3,7-11,14,16H2,1-2,4-6H3;1H/b31-15-;. The fraction of sp³-hybridized carbons (Fsp3) is 0.424. The number of ether oxygens (including phenoxy) is 1. The largest absolute Gasteiger partial charge is 0.500 e. The molecule has 2 aromatic carbocycles. The molecule has 3 rings (SSSR count). The van der Waals surface area contributed by atoms with Crippen LogP contribution in [0.15, 0.2) is 60.5 Å². The molecule has 0 unspecified atom stereocenters. The first-order valence-electron chi connectivity index (χ1n) is 13.9. The number of hydrogen-bond acceptors (Lipinski definition) is 4. The average molecular weight is 573 g/mol. The zero-order chi connectivity index (χ0) is 30.4. The van der Waals surface area contributed by atoms with E-state index in [0.29, 0.717) is 11.3 Å². The fourth-order valence-corrected chi connectivity index (χ4v) is 4.66. The molecule has 0 saturated carbocycles. The van der Waals surface area contributed by atoms with Gasteiger partial charge in [0, 0.05) is 19.8 Å². The molecule has 1 heterocycles. The van der Waals surface area contributed by atoms with Crippen molar-refractivity contribution in [2.24, 2.45) is 5.41 Å². The SMILES string of the molecule is C=C(/C=C(\OC)C(C)(C)C(F)(F)F)CC(=O)Cc1ccc(-c2cnc3cc(CC)c(CCCCC)cc3n2)cc1F.[HH]. The van der Waals surface area contributed by atoms with Crippen molar-refractivity contribution in [3.05, 3.63) is 83.0 Å². The monoisotopic (exact) mass is 572 g/mol. The fourth-order valence-electron chi connectivity index (χ4n) is 4.66. The Morgan fingerprint density at radius 1 is 1.05 bits per heavy atom. The summed E-state index contributed by atoms with van der Waals surface area (Å²) in [6, 6.07) is 8.69. The lowest BCUT2D eigenvalue weighted by Gasteiger charge is -2.29. The third-order valence-electron chi connectivity index (χ3n) is 7.33. The number of alkyl halides is 3. The highest BCUT2D eigenvalue weighted by atomic mass is 19.4. The van der Waals surface area contributed by atoms with Gasteiger partial charge in [-0.05, 0) is 79.6 Å². The molecule has 0 saturated heterocycles. The molecule has 222 valence electrons. The second-order valence-corrected chi connectivity index (χ2v) is 10.9. The zero-order valence-corrected chi connectivity index (χ0v) is 24.4. The molecule has 0 aliphatic heterocycles. The van der Waals surface area contributed by atoms with E-state index in [-0.39, 0.29) is 36.9 Å². The number of unbranched alkanes of at least 4 members (excludes halogenated alkanes) is 2. The minimum Gasteiger partial charge on any atom is -0.500 e. The van der Waals surface area contributed by atoms with Crippen molar-refractivity contribution in [3.8, 4) is 11.3 Å². The highest BCUT2D eigenvalue weighted by Crippen LogP contribution is 2.44. The minimum atomic E-state index is -4.55. The molecule has 41 heavy (non-hydrogen) atoms. The summed E-state index contributed by atoms with van der Waals surface area (Å²) in [6.45, 7) is 9.98. The smallest absolute Gasteiger partial charge is 0.400 e. The van der Waals surface area contributed by atoms with Crippen LogP contribution in [0.3, 0.4) is 0 Å². The first-order chi connectivity index (χ1) is 19.3. The molecule has 1 aromatic heterocycles. The maximum absolute atomic E-state index is 15.1. The van der Waals surface area contributed by atoms with E-state index in [2.05, 4.69) is 37.5 Å². The van der Waals surface area contributed by atoms with Gasteiger partial charge in [-0.1, -0.05) is 45.4 Å². The third-order valence-corrected chi connectivity index (χ3v) is 7.33. The van der Waals surface area contributed by atoms with Crippen LogP contribution in [0.25, 0.3) is 22.3 Å². The topological polar surface area (TPSA) is 52.1 Å². The minimum absolute atomic E-state index is 0. The van der Waals surface area contributed by atoms with Gasteiger partial charge in [0.05, 0.1) is 30.0 Å². The first kappa shape index (κ1) is 32.0. The molecule has 0 amide bonds. The van der Waals surface area contributed by atoms with E-state index in [1.165, 1.54) is 23.3 Å². The van der Waals surface area contributed by atoms with E-state index < -0.39 is 17.4 Å². The molecule has 0 spiro atoms. The normalized spacial score (nSPS) is 12.6. The summed E-state index contributed by atoms with van der Waals surface area (Å²) in [5, 5.41) is 0. The number of Topliss-reactive ketones (excluding diaryl/α,β-unsaturated/α-hetero) is 1. The van der Waals surface area contributed by atoms with Crippen LogP contribution in [0.5, 0.6) is 0 Å². The Labute approximate surface area is 241 Å². The number of aromatic nitrogens is 2. The van der Waals surface area contributed by atoms with Crippen molar-refractivity contribution in [1.82, 2.24) is 9.97 Å². The van der Waals surface area contributed by atoms with Gasteiger partial charge in [0.2, 0.25) is 0 Å². The maximum atomic E-state index is 15.1. The van der Waals surface area contributed by atoms with E-state index in [1.54, 1.807) is 12.3 Å². The Morgan fingerprint density at radius 3 is 2.37 bits per heavy atom. The second-order valence-electron chi connectivity index (χ2n) is 10.9. The number of carbonyl (C=O) groups is 1. The van der Waals surface area contributed by atoms with E-state index in [4.69, 9.17) is 9.72 Å². The number of carbonyl (C=O) groups excluding carboxylic acids is 1. The average Bonchev–Trinajstić information content (AvgIpc) is 2.91. The van der Waals surface area contributed by atoms with Crippen LogP contribution in [0.1, 0.15) is 71.5 Å². The third kappa shape index (κ3) is 7.80. The lowest BCUT2D eigenvalue weighted by Crippen LogP contribution is -2.34. The molecule has 0 atom stereocenters. The molecule has 0 aliphatic rings. The molecule has 0 aliphatic carbocycles. The van der Waals surface area contributed by atoms with Crippen LogP contribution >= 0.6 is 0 Å². The second kappa shape index (κ2) is 13.4. The maximum Gasteiger partial charge on any atom is 0.400 e. The van der Waals surface area contributed by atoms with Crippen LogP contribution in [-0.2, 0) is 28.8 Å². The summed E-state index contributed by atoms with van der Waals surface area (Å²) >= 11 is 0. The molecular weight excluding hydrogens is 532 g/mol. The van der Waals surface area contributed by atoms with Crippen LogP contribution in [0.4, 0.5) is 17.6 Å². The van der Waals surface area contributed by atoms with Gasteiger partial charge < -0.3 is 4.74 Å². The van der Waals surface area contributed by atoms with Gasteiger partial charge in [-0.3, -0.25) is 9.78 Å². The van der Waals surface area contributed by atoms with Crippen molar-refractivity contribution in [3.63, 3.8) is 0 Å². The number of methoxy groups -OCH3 is 1. The summed E-state index contributed by atoms with van der Waals surface area (Å²) < 4.78 is 60.2. The van der Waals surface area contributed by atoms with Crippen molar-refractivity contribution < 1.29 is 28.5 Å². The van der Waals surface area contributed by atoms with E-state index in [0.717, 1.165) is 70.2 Å². The van der Waals surface area contributed by atoms with Gasteiger partial charge in [0.1, 0.15) is 22.8 Å². The van der Waals surface area contributed by atoms with Gasteiger partial charge in [-0.15, -0.1) is 0 Å². The van der Waals surface area contributed by atoms with E-state index >= 15 is 4.39 Å². The Morgan fingerprint density at radius 2 is 1.76 bits per heavy atom. The predicted molar refractivity (Wildman–Crippen MR) is 157 cm³/mol. The number of allylic oxidation sites excluding steroid dienone is 3. The summed E-state index contributed by atoms with van der Waals surface area (Å²) in [5.41, 5.74) is 3.19. The van der Waals surface area contributed by atoms with Gasteiger partial charge in [0.15, 0.2) is 0 Å². The van der Waals surface area contributed by atoms with Crippen molar-refractivity contribution in [1.29, 1.82) is 0 Å². The summed E-state index contributed by atoms with van der Waals surface area (Å²) in [4.78, 5) is 21.9. The van der Waals surface area contributed by atoms with Crippen LogP contribution in [-0.4, -0.2) is 29.0 Å². The van der Waals surface area contributed by atoms with Gasteiger partial charge in [-0.2, -0.15) is 13.2 Å². The number of nitrogens with zero attached hydrogens (tertiary/aromatic N) is 2. The summed E-state index contributed by atoms with van der Waals surface area (Å²) in [6.07, 6.45) is 3.04. The molecule has 0 bridgehead atoms. The zero-order valence-electron chi connectivity index (χ0n) is 24.4. The van der Waals surface area contributed by atoms with Gasteiger partial charge in [-0.25, -0.2) is 9.37 Å². The van der Waals surface area contributed by atoms with Crippen molar-refractivity contribution in [2.45, 2.75) is 78.8 Å². The molecule has 4 nitrogen and oxygen atoms in total. The number of rotatable bonds is 13. The Kier molecular flexibility index (Phi) is 10.5. The van der Waals surface area contributed by atoms with Crippen molar-refractivity contribution >= 4 is 16.8 Å². The van der Waals surface area contributed by atoms with E-state index in [1.807, 2.05) is 0 Å². The predicted octanol–water partition coefficient (Wildman–Crippen LogP) is 9.15. The van der Waals surface area contributed by atoms with E-state index in [9.17, 15) is 18.0 Å². The number of aryl methyl sites for hydroxylation is 2. The molecule has 0 radical (unpaired) electrons. The van der Waals surface area contributed by atoms with Gasteiger partial charge >= 0.3 is 6.18 Å². The molecule has 8 heteroatoms. The first-order valence-corrected chi connectivity index (χ1v) is 13.9.